The van der Waals surface area contributed by atoms with E-state index in [1.165, 1.54) is 0 Å². The molecule has 0 aromatic heterocycles. The Kier molecular flexibility index (Phi) is 5.03. The molecule has 0 aliphatic heterocycles. The molecule has 5 nitrogen and oxygen atoms in total. The Bertz CT molecular complexity index is 814. The number of Topliss-reactive ketones (excluding diaryl/α,β-unsaturated/α-hetero) is 1. The first kappa shape index (κ1) is 17.0. The van der Waals surface area contributed by atoms with Gasteiger partial charge in [-0.1, -0.05) is 18.2 Å². The van der Waals surface area contributed by atoms with Gasteiger partial charge in [0.2, 0.25) is 0 Å². The number of para-hydroxylation sites is 2. The highest BCUT2D eigenvalue weighted by Gasteiger charge is 2.27. The molecule has 0 amide bonds. The summed E-state index contributed by atoms with van der Waals surface area (Å²) in [5, 5.41) is 0. The Balaban J connectivity index is 1.91. The van der Waals surface area contributed by atoms with E-state index in [2.05, 4.69) is 4.99 Å². The molecule has 1 fully saturated rings. The number of rotatable bonds is 4. The van der Waals surface area contributed by atoms with Crippen molar-refractivity contribution >= 4 is 22.9 Å². The standard InChI is InChI=1S/C20H22N2O3/c1-24-16-7-8-17(20(12-16)25-2)13-9-14(11-15(23)10-13)22-19-6-4-3-5-18(19)21/h3-8,12-13H,9-11,21H2,1-2H3. The smallest absolute Gasteiger partial charge is 0.139 e. The number of benzene rings is 2. The second-order valence-corrected chi connectivity index (χ2v) is 6.17. The number of nitrogen functional groups attached to an aromatic ring is 1. The summed E-state index contributed by atoms with van der Waals surface area (Å²) in [6.07, 6.45) is 1.58. The number of hydrogen-bond donors (Lipinski definition) is 1. The van der Waals surface area contributed by atoms with E-state index in [-0.39, 0.29) is 11.7 Å². The number of nitrogens with two attached hydrogens (primary N) is 1. The third-order valence-corrected chi connectivity index (χ3v) is 4.45. The maximum atomic E-state index is 12.3. The van der Waals surface area contributed by atoms with E-state index >= 15 is 0 Å². The molecule has 0 heterocycles. The van der Waals surface area contributed by atoms with Crippen LogP contribution < -0.4 is 15.2 Å². The average molecular weight is 338 g/mol. The van der Waals surface area contributed by atoms with Gasteiger partial charge in [0.25, 0.3) is 0 Å². The van der Waals surface area contributed by atoms with Crippen molar-refractivity contribution in [3.05, 3.63) is 48.0 Å². The fraction of sp³-hybridized carbons (Fsp3) is 0.300. The number of ether oxygens (including phenoxy) is 2. The molecule has 2 aromatic rings. The van der Waals surface area contributed by atoms with Crippen molar-refractivity contribution in [1.29, 1.82) is 0 Å². The number of nitrogens with zero attached hydrogens (tertiary/aromatic N) is 1. The number of ketones is 1. The molecular formula is C20H22N2O3. The topological polar surface area (TPSA) is 73.9 Å². The van der Waals surface area contributed by atoms with Crippen LogP contribution in [-0.4, -0.2) is 25.7 Å². The van der Waals surface area contributed by atoms with E-state index < -0.39 is 0 Å². The number of hydrogen-bond acceptors (Lipinski definition) is 5. The van der Waals surface area contributed by atoms with Gasteiger partial charge in [-0.3, -0.25) is 9.79 Å². The molecular weight excluding hydrogens is 316 g/mol. The van der Waals surface area contributed by atoms with Crippen molar-refractivity contribution in [3.8, 4) is 11.5 Å². The number of aliphatic imine (C=N–C) groups is 1. The summed E-state index contributed by atoms with van der Waals surface area (Å²) in [6.45, 7) is 0. The Labute approximate surface area is 147 Å². The van der Waals surface area contributed by atoms with Gasteiger partial charge in [-0.25, -0.2) is 0 Å². The quantitative estimate of drug-likeness (QED) is 0.858. The molecule has 2 N–H and O–H groups in total. The van der Waals surface area contributed by atoms with Crippen molar-refractivity contribution in [2.24, 2.45) is 4.99 Å². The fourth-order valence-electron chi connectivity index (χ4n) is 3.22. The summed E-state index contributed by atoms with van der Waals surface area (Å²) < 4.78 is 10.7. The van der Waals surface area contributed by atoms with Gasteiger partial charge in [-0.15, -0.1) is 0 Å². The number of carbonyl (C=O) groups is 1. The van der Waals surface area contributed by atoms with Crippen LogP contribution >= 0.6 is 0 Å². The lowest BCUT2D eigenvalue weighted by molar-refractivity contribution is -0.118. The van der Waals surface area contributed by atoms with E-state index in [9.17, 15) is 4.79 Å². The summed E-state index contributed by atoms with van der Waals surface area (Å²) in [4.78, 5) is 16.9. The van der Waals surface area contributed by atoms with Crippen molar-refractivity contribution in [2.45, 2.75) is 25.2 Å². The Morgan fingerprint density at radius 2 is 1.88 bits per heavy atom. The lowest BCUT2D eigenvalue weighted by atomic mass is 9.81. The van der Waals surface area contributed by atoms with Gasteiger partial charge < -0.3 is 15.2 Å². The fourth-order valence-corrected chi connectivity index (χ4v) is 3.22. The highest BCUT2D eigenvalue weighted by atomic mass is 16.5. The first-order valence-electron chi connectivity index (χ1n) is 8.25. The summed E-state index contributed by atoms with van der Waals surface area (Å²) in [6, 6.07) is 13.2. The molecule has 2 aromatic carbocycles. The van der Waals surface area contributed by atoms with Gasteiger partial charge in [-0.05, 0) is 36.1 Å². The monoisotopic (exact) mass is 338 g/mol. The molecule has 0 bridgehead atoms. The van der Waals surface area contributed by atoms with Gasteiger partial charge in [0.05, 0.1) is 25.6 Å². The third-order valence-electron chi connectivity index (χ3n) is 4.45. The summed E-state index contributed by atoms with van der Waals surface area (Å²) in [7, 11) is 3.25. The Hall–Kier alpha value is -2.82. The van der Waals surface area contributed by atoms with Crippen LogP contribution in [0, 0.1) is 0 Å². The zero-order valence-corrected chi connectivity index (χ0v) is 14.5. The molecule has 130 valence electrons. The Morgan fingerprint density at radius 1 is 1.08 bits per heavy atom. The van der Waals surface area contributed by atoms with Crippen LogP contribution in [0.4, 0.5) is 11.4 Å². The van der Waals surface area contributed by atoms with E-state index in [0.717, 1.165) is 22.8 Å². The van der Waals surface area contributed by atoms with Gasteiger partial charge >= 0.3 is 0 Å². The average Bonchev–Trinajstić information content (AvgIpc) is 2.62. The maximum Gasteiger partial charge on any atom is 0.139 e. The highest BCUT2D eigenvalue weighted by molar-refractivity contribution is 6.06. The third kappa shape index (κ3) is 3.82. The molecule has 1 aliphatic rings. The second kappa shape index (κ2) is 7.38. The van der Waals surface area contributed by atoms with Crippen molar-refractivity contribution < 1.29 is 14.3 Å². The molecule has 0 spiro atoms. The maximum absolute atomic E-state index is 12.3. The predicted molar refractivity (Wildman–Crippen MR) is 99.1 cm³/mol. The molecule has 3 rings (SSSR count). The van der Waals surface area contributed by atoms with Crippen LogP contribution in [0.15, 0.2) is 47.5 Å². The molecule has 5 heteroatoms. The van der Waals surface area contributed by atoms with Crippen LogP contribution in [0.2, 0.25) is 0 Å². The van der Waals surface area contributed by atoms with Gasteiger partial charge in [0.15, 0.2) is 0 Å². The molecule has 1 aliphatic carbocycles. The number of methoxy groups -OCH3 is 2. The minimum Gasteiger partial charge on any atom is -0.497 e. The van der Waals surface area contributed by atoms with Crippen molar-refractivity contribution in [1.82, 2.24) is 0 Å². The zero-order chi connectivity index (χ0) is 17.8. The highest BCUT2D eigenvalue weighted by Crippen LogP contribution is 2.38. The normalized spacial score (nSPS) is 19.0. The van der Waals surface area contributed by atoms with Crippen LogP contribution in [0.25, 0.3) is 0 Å². The summed E-state index contributed by atoms with van der Waals surface area (Å²) in [5.74, 6) is 1.69. The first-order chi connectivity index (χ1) is 12.1. The Morgan fingerprint density at radius 3 is 2.60 bits per heavy atom. The van der Waals surface area contributed by atoms with Gasteiger partial charge in [0.1, 0.15) is 17.3 Å². The largest absolute Gasteiger partial charge is 0.497 e. The molecule has 1 unspecified atom stereocenters. The van der Waals surface area contributed by atoms with Crippen LogP contribution in [0.3, 0.4) is 0 Å². The van der Waals surface area contributed by atoms with E-state index in [1.54, 1.807) is 14.2 Å². The van der Waals surface area contributed by atoms with E-state index in [0.29, 0.717) is 30.6 Å². The SMILES string of the molecule is COc1ccc(C2CC(=O)CC(=Nc3ccccc3N)C2)c(OC)c1. The lowest BCUT2D eigenvalue weighted by Gasteiger charge is -2.25. The van der Waals surface area contributed by atoms with E-state index in [1.807, 2.05) is 42.5 Å². The van der Waals surface area contributed by atoms with E-state index in [4.69, 9.17) is 15.2 Å². The number of carbonyl (C=O) groups excluding carboxylic acids is 1. The zero-order valence-electron chi connectivity index (χ0n) is 14.5. The second-order valence-electron chi connectivity index (χ2n) is 6.17. The summed E-state index contributed by atoms with van der Waals surface area (Å²) >= 11 is 0. The number of anilines is 1. The lowest BCUT2D eigenvalue weighted by Crippen LogP contribution is -2.22. The summed E-state index contributed by atoms with van der Waals surface area (Å²) in [5.41, 5.74) is 9.17. The van der Waals surface area contributed by atoms with Crippen molar-refractivity contribution in [2.75, 3.05) is 20.0 Å². The predicted octanol–water partition coefficient (Wildman–Crippen LogP) is 3.90. The van der Waals surface area contributed by atoms with Gasteiger partial charge in [0, 0.05) is 24.6 Å². The van der Waals surface area contributed by atoms with Gasteiger partial charge in [-0.2, -0.15) is 0 Å². The molecule has 0 saturated heterocycles. The van der Waals surface area contributed by atoms with Crippen LogP contribution in [0.5, 0.6) is 11.5 Å². The molecule has 1 atom stereocenters. The molecule has 25 heavy (non-hydrogen) atoms. The minimum atomic E-state index is 0.0470. The first-order valence-corrected chi connectivity index (χ1v) is 8.25. The van der Waals surface area contributed by atoms with Crippen LogP contribution in [-0.2, 0) is 4.79 Å². The molecule has 1 saturated carbocycles. The minimum absolute atomic E-state index is 0.0470. The van der Waals surface area contributed by atoms with Crippen molar-refractivity contribution in [3.63, 3.8) is 0 Å². The molecule has 0 radical (unpaired) electrons. The van der Waals surface area contributed by atoms with Crippen LogP contribution in [0.1, 0.15) is 30.7 Å².